The highest BCUT2D eigenvalue weighted by Crippen LogP contribution is 2.22. The number of hydrogen-bond acceptors (Lipinski definition) is 2. The summed E-state index contributed by atoms with van der Waals surface area (Å²) in [6.45, 7) is 1.61. The lowest BCUT2D eigenvalue weighted by molar-refractivity contribution is 0.597. The van der Waals surface area contributed by atoms with Crippen molar-refractivity contribution >= 4 is 11.0 Å². The number of halogens is 2. The molecule has 0 unspecified atom stereocenters. The predicted molar refractivity (Wildman–Crippen MR) is 72.6 cm³/mol. The molecular weight excluding hydrogens is 262 g/mol. The molecule has 0 atom stereocenters. The van der Waals surface area contributed by atoms with Crippen LogP contribution in [0.15, 0.2) is 51.9 Å². The minimum Gasteiger partial charge on any atom is -0.463 e. The molecular formula is C16H10F2O2. The summed E-state index contributed by atoms with van der Waals surface area (Å²) >= 11 is 0. The van der Waals surface area contributed by atoms with Gasteiger partial charge in [-0.3, -0.25) is 4.79 Å². The van der Waals surface area contributed by atoms with Gasteiger partial charge < -0.3 is 4.42 Å². The van der Waals surface area contributed by atoms with Gasteiger partial charge in [0.1, 0.15) is 23.5 Å². The largest absolute Gasteiger partial charge is 0.463 e. The van der Waals surface area contributed by atoms with Crippen molar-refractivity contribution in [1.82, 2.24) is 0 Å². The molecule has 0 aliphatic heterocycles. The summed E-state index contributed by atoms with van der Waals surface area (Å²) in [5.41, 5.74) is 1.24. The van der Waals surface area contributed by atoms with Gasteiger partial charge in [-0.1, -0.05) is 6.07 Å². The van der Waals surface area contributed by atoms with Crippen LogP contribution in [0.3, 0.4) is 0 Å². The van der Waals surface area contributed by atoms with E-state index in [9.17, 15) is 13.6 Å². The van der Waals surface area contributed by atoms with Crippen LogP contribution in [0.5, 0.6) is 0 Å². The van der Waals surface area contributed by atoms with Crippen LogP contribution >= 0.6 is 0 Å². The number of benzene rings is 2. The van der Waals surface area contributed by atoms with E-state index in [1.54, 1.807) is 13.0 Å². The Labute approximate surface area is 113 Å². The van der Waals surface area contributed by atoms with Crippen molar-refractivity contribution in [2.75, 3.05) is 0 Å². The van der Waals surface area contributed by atoms with Crippen LogP contribution in [0.1, 0.15) is 5.56 Å². The van der Waals surface area contributed by atoms with Gasteiger partial charge in [-0.25, -0.2) is 8.78 Å². The Balaban J connectivity index is 2.29. The molecule has 100 valence electrons. The zero-order valence-electron chi connectivity index (χ0n) is 10.6. The Bertz CT molecular complexity index is 866. The lowest BCUT2D eigenvalue weighted by atomic mass is 10.0. The normalized spacial score (nSPS) is 10.9. The van der Waals surface area contributed by atoms with Crippen molar-refractivity contribution in [1.29, 1.82) is 0 Å². The van der Waals surface area contributed by atoms with Crippen LogP contribution in [-0.4, -0.2) is 0 Å². The first kappa shape index (κ1) is 12.5. The van der Waals surface area contributed by atoms with E-state index in [4.69, 9.17) is 4.42 Å². The third-order valence-electron chi connectivity index (χ3n) is 3.20. The average Bonchev–Trinajstić information content (AvgIpc) is 2.43. The molecule has 3 rings (SSSR count). The third-order valence-corrected chi connectivity index (χ3v) is 3.20. The zero-order valence-corrected chi connectivity index (χ0v) is 10.6. The van der Waals surface area contributed by atoms with E-state index in [1.165, 1.54) is 30.5 Å². The van der Waals surface area contributed by atoms with Crippen LogP contribution in [-0.2, 0) is 0 Å². The van der Waals surface area contributed by atoms with E-state index in [1.807, 2.05) is 0 Å². The second-order valence-corrected chi connectivity index (χ2v) is 4.58. The third kappa shape index (κ3) is 1.99. The van der Waals surface area contributed by atoms with Crippen molar-refractivity contribution in [3.63, 3.8) is 0 Å². The van der Waals surface area contributed by atoms with Gasteiger partial charge in [0, 0.05) is 0 Å². The van der Waals surface area contributed by atoms with Gasteiger partial charge in [-0.05, 0) is 48.4 Å². The van der Waals surface area contributed by atoms with Crippen LogP contribution < -0.4 is 5.43 Å². The SMILES string of the molecule is Cc1cc(-c2coc3ccc(F)cc3c2=O)ccc1F. The van der Waals surface area contributed by atoms with E-state index in [2.05, 4.69) is 0 Å². The van der Waals surface area contributed by atoms with Crippen molar-refractivity contribution < 1.29 is 13.2 Å². The van der Waals surface area contributed by atoms with Crippen LogP contribution in [0.2, 0.25) is 0 Å². The lowest BCUT2D eigenvalue weighted by Gasteiger charge is -2.04. The first-order chi connectivity index (χ1) is 9.56. The molecule has 0 fully saturated rings. The quantitative estimate of drug-likeness (QED) is 0.669. The number of rotatable bonds is 1. The minimum atomic E-state index is -0.503. The molecule has 0 radical (unpaired) electrons. The fraction of sp³-hybridized carbons (Fsp3) is 0.0625. The molecule has 2 nitrogen and oxygen atoms in total. The summed E-state index contributed by atoms with van der Waals surface area (Å²) in [6, 6.07) is 8.13. The molecule has 20 heavy (non-hydrogen) atoms. The molecule has 0 amide bonds. The summed E-state index contributed by atoms with van der Waals surface area (Å²) in [5.74, 6) is -0.845. The Morgan fingerprint density at radius 3 is 2.60 bits per heavy atom. The molecule has 0 N–H and O–H groups in total. The fourth-order valence-corrected chi connectivity index (χ4v) is 2.11. The average molecular weight is 272 g/mol. The molecule has 4 heteroatoms. The van der Waals surface area contributed by atoms with E-state index in [0.29, 0.717) is 16.7 Å². The molecule has 1 aromatic heterocycles. The molecule has 0 saturated carbocycles. The Kier molecular flexibility index (Phi) is 2.86. The number of aryl methyl sites for hydroxylation is 1. The Morgan fingerprint density at radius 2 is 1.85 bits per heavy atom. The zero-order chi connectivity index (χ0) is 14.3. The number of hydrogen-bond donors (Lipinski definition) is 0. The Morgan fingerprint density at radius 1 is 1.05 bits per heavy atom. The first-order valence-electron chi connectivity index (χ1n) is 6.04. The van der Waals surface area contributed by atoms with Crippen LogP contribution in [0.4, 0.5) is 8.78 Å². The highest BCUT2D eigenvalue weighted by Gasteiger charge is 2.11. The van der Waals surface area contributed by atoms with Gasteiger partial charge >= 0.3 is 0 Å². The molecule has 3 aromatic rings. The summed E-state index contributed by atoms with van der Waals surface area (Å²) in [6.07, 6.45) is 1.31. The Hall–Kier alpha value is -2.49. The summed E-state index contributed by atoms with van der Waals surface area (Å²) < 4.78 is 31.9. The second kappa shape index (κ2) is 4.56. The summed E-state index contributed by atoms with van der Waals surface area (Å²) in [4.78, 5) is 12.4. The van der Waals surface area contributed by atoms with Gasteiger partial charge in [0.2, 0.25) is 5.43 Å². The maximum atomic E-state index is 13.3. The standard InChI is InChI=1S/C16H10F2O2/c1-9-6-10(2-4-14(9)18)13-8-20-15-5-3-11(17)7-12(15)16(13)19/h2-8H,1H3. The molecule has 2 aromatic carbocycles. The van der Waals surface area contributed by atoms with E-state index in [-0.39, 0.29) is 22.2 Å². The van der Waals surface area contributed by atoms with Gasteiger partial charge in [-0.15, -0.1) is 0 Å². The van der Waals surface area contributed by atoms with Crippen molar-refractivity contribution in [3.8, 4) is 11.1 Å². The molecule has 0 aliphatic carbocycles. The molecule has 0 spiro atoms. The fourth-order valence-electron chi connectivity index (χ4n) is 2.11. The van der Waals surface area contributed by atoms with Gasteiger partial charge in [-0.2, -0.15) is 0 Å². The molecule has 0 saturated heterocycles. The van der Waals surface area contributed by atoms with Gasteiger partial charge in [0.25, 0.3) is 0 Å². The summed E-state index contributed by atoms with van der Waals surface area (Å²) in [5, 5.41) is 0.171. The van der Waals surface area contributed by atoms with E-state index >= 15 is 0 Å². The topological polar surface area (TPSA) is 30.2 Å². The van der Waals surface area contributed by atoms with E-state index < -0.39 is 5.82 Å². The van der Waals surface area contributed by atoms with Crippen molar-refractivity contribution in [2.45, 2.75) is 6.92 Å². The monoisotopic (exact) mass is 272 g/mol. The minimum absolute atomic E-state index is 0.171. The van der Waals surface area contributed by atoms with Crippen LogP contribution in [0.25, 0.3) is 22.1 Å². The van der Waals surface area contributed by atoms with Gasteiger partial charge in [0.05, 0.1) is 10.9 Å². The highest BCUT2D eigenvalue weighted by atomic mass is 19.1. The number of fused-ring (bicyclic) bond motifs is 1. The van der Waals surface area contributed by atoms with E-state index in [0.717, 1.165) is 6.07 Å². The molecule has 0 aliphatic rings. The first-order valence-corrected chi connectivity index (χ1v) is 6.04. The molecule has 1 heterocycles. The molecule has 0 bridgehead atoms. The maximum absolute atomic E-state index is 13.3. The lowest BCUT2D eigenvalue weighted by Crippen LogP contribution is -2.05. The highest BCUT2D eigenvalue weighted by molar-refractivity contribution is 5.81. The van der Waals surface area contributed by atoms with Crippen molar-refractivity contribution in [3.05, 3.63) is 70.1 Å². The van der Waals surface area contributed by atoms with Crippen molar-refractivity contribution in [2.24, 2.45) is 0 Å². The predicted octanol–water partition coefficient (Wildman–Crippen LogP) is 4.05. The second-order valence-electron chi connectivity index (χ2n) is 4.58. The smallest absolute Gasteiger partial charge is 0.200 e. The van der Waals surface area contributed by atoms with Crippen LogP contribution in [0, 0.1) is 18.6 Å². The maximum Gasteiger partial charge on any atom is 0.200 e. The van der Waals surface area contributed by atoms with Gasteiger partial charge in [0.15, 0.2) is 0 Å². The summed E-state index contributed by atoms with van der Waals surface area (Å²) in [7, 11) is 0.